The summed E-state index contributed by atoms with van der Waals surface area (Å²) < 4.78 is 18.4. The molecule has 0 atom stereocenters. The van der Waals surface area contributed by atoms with Crippen molar-refractivity contribution < 1.29 is 13.9 Å². The molecule has 2 rings (SSSR count). The number of methoxy groups -OCH3 is 1. The van der Waals surface area contributed by atoms with Gasteiger partial charge in [0, 0.05) is 28.8 Å². The minimum Gasteiger partial charge on any atom is -0.469 e. The molecule has 5 heteroatoms. The van der Waals surface area contributed by atoms with Gasteiger partial charge < -0.3 is 10.1 Å². The largest absolute Gasteiger partial charge is 0.469 e. The second-order valence-corrected chi connectivity index (χ2v) is 5.68. The highest BCUT2D eigenvalue weighted by atomic mass is 32.2. The Morgan fingerprint density at radius 2 is 2.32 bits per heavy atom. The molecule has 1 fully saturated rings. The fourth-order valence-corrected chi connectivity index (χ4v) is 2.73. The Morgan fingerprint density at radius 3 is 3.00 bits per heavy atom. The highest BCUT2D eigenvalue weighted by Crippen LogP contribution is 2.27. The zero-order valence-corrected chi connectivity index (χ0v) is 11.8. The first kappa shape index (κ1) is 14.3. The third-order valence-electron chi connectivity index (χ3n) is 3.01. The maximum atomic E-state index is 13.8. The fraction of sp³-hybridized carbons (Fsp3) is 0.500. The lowest BCUT2D eigenvalue weighted by molar-refractivity contribution is -0.140. The van der Waals surface area contributed by atoms with Crippen LogP contribution in [0.1, 0.15) is 24.8 Å². The van der Waals surface area contributed by atoms with Crippen LogP contribution in [0.3, 0.4) is 0 Å². The minimum absolute atomic E-state index is 0.184. The van der Waals surface area contributed by atoms with Gasteiger partial charge in [0.2, 0.25) is 0 Å². The van der Waals surface area contributed by atoms with Gasteiger partial charge in [-0.25, -0.2) is 4.39 Å². The van der Waals surface area contributed by atoms with Crippen LogP contribution in [0, 0.1) is 5.82 Å². The van der Waals surface area contributed by atoms with Crippen molar-refractivity contribution in [3.8, 4) is 0 Å². The Morgan fingerprint density at radius 1 is 1.53 bits per heavy atom. The van der Waals surface area contributed by atoms with Crippen LogP contribution in [0.25, 0.3) is 0 Å². The molecule has 3 nitrogen and oxygen atoms in total. The molecule has 0 amide bonds. The molecule has 104 valence electrons. The summed E-state index contributed by atoms with van der Waals surface area (Å²) in [6.45, 7) is 0.553. The Balaban J connectivity index is 1.93. The van der Waals surface area contributed by atoms with Gasteiger partial charge in [-0.15, -0.1) is 11.8 Å². The lowest BCUT2D eigenvalue weighted by Gasteiger charge is -2.10. The lowest BCUT2D eigenvalue weighted by atomic mass is 10.2. The second kappa shape index (κ2) is 6.91. The second-order valence-electron chi connectivity index (χ2n) is 4.55. The van der Waals surface area contributed by atoms with E-state index >= 15 is 0 Å². The van der Waals surface area contributed by atoms with Crippen molar-refractivity contribution >= 4 is 17.7 Å². The molecular formula is C14H18FNO2S. The number of halogens is 1. The number of ether oxygens (including phenoxy) is 1. The van der Waals surface area contributed by atoms with E-state index < -0.39 is 0 Å². The smallest absolute Gasteiger partial charge is 0.306 e. The summed E-state index contributed by atoms with van der Waals surface area (Å²) in [5, 5.41) is 3.32. The van der Waals surface area contributed by atoms with Crippen molar-refractivity contribution in [2.75, 3.05) is 12.9 Å². The molecule has 0 unspecified atom stereocenters. The number of esters is 1. The van der Waals surface area contributed by atoms with Gasteiger partial charge in [0.25, 0.3) is 0 Å². The van der Waals surface area contributed by atoms with Gasteiger partial charge in [-0.3, -0.25) is 4.79 Å². The van der Waals surface area contributed by atoms with Crippen LogP contribution in [-0.4, -0.2) is 24.9 Å². The van der Waals surface area contributed by atoms with E-state index in [1.807, 2.05) is 6.07 Å². The van der Waals surface area contributed by atoms with E-state index in [2.05, 4.69) is 10.1 Å². The summed E-state index contributed by atoms with van der Waals surface area (Å²) in [7, 11) is 1.38. The molecule has 1 aliphatic rings. The highest BCUT2D eigenvalue weighted by Gasteiger charge is 2.21. The number of rotatable bonds is 7. The Kier molecular flexibility index (Phi) is 5.22. The lowest BCUT2D eigenvalue weighted by Crippen LogP contribution is -2.17. The molecule has 1 saturated carbocycles. The quantitative estimate of drug-likeness (QED) is 0.617. The predicted octanol–water partition coefficient (Wildman–Crippen LogP) is 2.73. The Labute approximate surface area is 116 Å². The number of carbonyl (C=O) groups excluding carboxylic acids is 1. The third kappa shape index (κ3) is 4.51. The van der Waals surface area contributed by atoms with Gasteiger partial charge in [0.15, 0.2) is 0 Å². The molecule has 1 N–H and O–H groups in total. The van der Waals surface area contributed by atoms with E-state index in [-0.39, 0.29) is 11.8 Å². The average molecular weight is 283 g/mol. The monoisotopic (exact) mass is 283 g/mol. The average Bonchev–Trinajstić information content (AvgIpc) is 3.22. The van der Waals surface area contributed by atoms with Gasteiger partial charge in [-0.1, -0.05) is 6.07 Å². The summed E-state index contributed by atoms with van der Waals surface area (Å²) in [6, 6.07) is 5.63. The first-order valence-corrected chi connectivity index (χ1v) is 7.39. The van der Waals surface area contributed by atoms with Crippen LogP contribution in [0.5, 0.6) is 0 Å². The molecule has 0 bridgehead atoms. The molecule has 19 heavy (non-hydrogen) atoms. The molecular weight excluding hydrogens is 265 g/mol. The van der Waals surface area contributed by atoms with E-state index in [0.717, 1.165) is 4.90 Å². The Bertz CT molecular complexity index is 449. The number of hydrogen-bond donors (Lipinski definition) is 1. The topological polar surface area (TPSA) is 38.3 Å². The van der Waals surface area contributed by atoms with Crippen LogP contribution >= 0.6 is 11.8 Å². The molecule has 1 aromatic carbocycles. The molecule has 0 spiro atoms. The molecule has 0 aliphatic heterocycles. The number of hydrogen-bond acceptors (Lipinski definition) is 4. The van der Waals surface area contributed by atoms with E-state index in [1.54, 1.807) is 6.07 Å². The molecule has 1 aliphatic carbocycles. The minimum atomic E-state index is -0.235. The first-order valence-electron chi connectivity index (χ1n) is 6.41. The first-order chi connectivity index (χ1) is 9.20. The summed E-state index contributed by atoms with van der Waals surface area (Å²) in [6.07, 6.45) is 2.70. The van der Waals surface area contributed by atoms with Crippen molar-refractivity contribution in [1.82, 2.24) is 5.32 Å². The molecule has 1 aromatic rings. The normalized spacial score (nSPS) is 14.4. The Hall–Kier alpha value is -1.07. The van der Waals surface area contributed by atoms with Gasteiger partial charge in [-0.2, -0.15) is 0 Å². The summed E-state index contributed by atoms with van der Waals surface area (Å²) in [5.41, 5.74) is 0.698. The van der Waals surface area contributed by atoms with Gasteiger partial charge in [0.05, 0.1) is 13.5 Å². The van der Waals surface area contributed by atoms with Gasteiger partial charge in [0.1, 0.15) is 5.82 Å². The van der Waals surface area contributed by atoms with Crippen LogP contribution in [0.15, 0.2) is 23.1 Å². The highest BCUT2D eigenvalue weighted by molar-refractivity contribution is 7.99. The van der Waals surface area contributed by atoms with Crippen LogP contribution < -0.4 is 5.32 Å². The van der Waals surface area contributed by atoms with Gasteiger partial charge in [-0.05, 0) is 25.0 Å². The predicted molar refractivity (Wildman–Crippen MR) is 73.6 cm³/mol. The van der Waals surface area contributed by atoms with Gasteiger partial charge >= 0.3 is 5.97 Å². The SMILES string of the molecule is COC(=O)CCSc1cccc(F)c1CNC1CC1. The van der Waals surface area contributed by atoms with Crippen LogP contribution in [-0.2, 0) is 16.1 Å². The standard InChI is InChI=1S/C14H18FNO2S/c1-18-14(17)7-8-19-13-4-2-3-12(15)11(13)9-16-10-5-6-10/h2-4,10,16H,5-9H2,1H3. The van der Waals surface area contributed by atoms with E-state index in [4.69, 9.17) is 0 Å². The summed E-state index contributed by atoms with van der Waals surface area (Å²) >= 11 is 1.50. The zero-order chi connectivity index (χ0) is 13.7. The summed E-state index contributed by atoms with van der Waals surface area (Å²) in [4.78, 5) is 12.0. The maximum absolute atomic E-state index is 13.8. The number of nitrogens with one attached hydrogen (secondary N) is 1. The molecule has 0 heterocycles. The zero-order valence-electron chi connectivity index (χ0n) is 10.9. The number of thioether (sulfide) groups is 1. The number of carbonyl (C=O) groups is 1. The fourth-order valence-electron chi connectivity index (χ4n) is 1.73. The van der Waals surface area contributed by atoms with E-state index in [0.29, 0.717) is 30.3 Å². The molecule has 0 aromatic heterocycles. The van der Waals surface area contributed by atoms with Crippen molar-refractivity contribution in [2.45, 2.75) is 36.7 Å². The van der Waals surface area contributed by atoms with Crippen LogP contribution in [0.4, 0.5) is 4.39 Å². The number of benzene rings is 1. The molecule has 0 saturated heterocycles. The van der Waals surface area contributed by atoms with Crippen molar-refractivity contribution in [1.29, 1.82) is 0 Å². The van der Waals surface area contributed by atoms with Crippen molar-refractivity contribution in [3.63, 3.8) is 0 Å². The maximum Gasteiger partial charge on any atom is 0.306 e. The van der Waals surface area contributed by atoms with E-state index in [9.17, 15) is 9.18 Å². The van der Waals surface area contributed by atoms with Crippen molar-refractivity contribution in [2.24, 2.45) is 0 Å². The van der Waals surface area contributed by atoms with Crippen LogP contribution in [0.2, 0.25) is 0 Å². The van der Waals surface area contributed by atoms with Crippen molar-refractivity contribution in [3.05, 3.63) is 29.6 Å². The van der Waals surface area contributed by atoms with E-state index in [1.165, 1.54) is 37.8 Å². The molecule has 0 radical (unpaired) electrons. The summed E-state index contributed by atoms with van der Waals surface area (Å²) in [5.74, 6) is 0.185. The third-order valence-corrected chi connectivity index (χ3v) is 4.11.